The van der Waals surface area contributed by atoms with E-state index in [0.717, 1.165) is 30.6 Å². The monoisotopic (exact) mass is 327 g/mol. The number of hydrogen-bond donors (Lipinski definition) is 2. The van der Waals surface area contributed by atoms with Crippen molar-refractivity contribution in [3.05, 3.63) is 29.3 Å². The number of rotatable bonds is 5. The van der Waals surface area contributed by atoms with Gasteiger partial charge in [0.25, 0.3) is 0 Å². The first kappa shape index (κ1) is 16.7. The Labute approximate surface area is 135 Å². The SMILES string of the molecule is O=C(CSc1ccc(Cl)cc1)NCC1(O)CCCCCC1. The summed E-state index contributed by atoms with van der Waals surface area (Å²) in [4.78, 5) is 12.9. The molecule has 0 bridgehead atoms. The highest BCUT2D eigenvalue weighted by Gasteiger charge is 2.28. The molecule has 0 unspecified atom stereocenters. The lowest BCUT2D eigenvalue weighted by molar-refractivity contribution is -0.120. The average molecular weight is 328 g/mol. The van der Waals surface area contributed by atoms with E-state index >= 15 is 0 Å². The van der Waals surface area contributed by atoms with Gasteiger partial charge >= 0.3 is 0 Å². The Bertz CT molecular complexity index is 456. The number of hydrogen-bond acceptors (Lipinski definition) is 3. The summed E-state index contributed by atoms with van der Waals surface area (Å²) in [6, 6.07) is 7.43. The van der Waals surface area contributed by atoms with Crippen molar-refractivity contribution in [2.45, 2.75) is 49.0 Å². The van der Waals surface area contributed by atoms with Crippen LogP contribution in [0.1, 0.15) is 38.5 Å². The summed E-state index contributed by atoms with van der Waals surface area (Å²) in [6.45, 7) is 0.368. The number of amides is 1. The van der Waals surface area contributed by atoms with Crippen LogP contribution < -0.4 is 5.32 Å². The predicted molar refractivity (Wildman–Crippen MR) is 87.8 cm³/mol. The molecule has 0 spiro atoms. The van der Waals surface area contributed by atoms with Crippen molar-refractivity contribution in [1.82, 2.24) is 5.32 Å². The minimum absolute atomic E-state index is 0.0346. The molecule has 0 atom stereocenters. The highest BCUT2D eigenvalue weighted by Crippen LogP contribution is 2.26. The van der Waals surface area contributed by atoms with Gasteiger partial charge in [0, 0.05) is 16.5 Å². The molecule has 0 saturated heterocycles. The summed E-state index contributed by atoms with van der Waals surface area (Å²) in [7, 11) is 0. The Morgan fingerprint density at radius 3 is 2.43 bits per heavy atom. The molecule has 1 aliphatic carbocycles. The topological polar surface area (TPSA) is 49.3 Å². The summed E-state index contributed by atoms with van der Waals surface area (Å²) in [6.07, 6.45) is 6.04. The molecule has 0 aromatic heterocycles. The maximum Gasteiger partial charge on any atom is 0.230 e. The van der Waals surface area contributed by atoms with Gasteiger partial charge in [-0.3, -0.25) is 4.79 Å². The Balaban J connectivity index is 1.72. The zero-order valence-corrected chi connectivity index (χ0v) is 13.7. The average Bonchev–Trinajstić information content (AvgIpc) is 2.70. The molecular formula is C16H22ClNO2S. The molecule has 21 heavy (non-hydrogen) atoms. The first-order chi connectivity index (χ1) is 10.1. The van der Waals surface area contributed by atoms with Crippen molar-refractivity contribution >= 4 is 29.3 Å². The summed E-state index contributed by atoms with van der Waals surface area (Å²) in [5.41, 5.74) is -0.711. The van der Waals surface area contributed by atoms with Gasteiger partial charge in [-0.05, 0) is 37.1 Å². The van der Waals surface area contributed by atoms with Crippen molar-refractivity contribution in [3.63, 3.8) is 0 Å². The van der Waals surface area contributed by atoms with Crippen LogP contribution in [0.25, 0.3) is 0 Å². The molecular weight excluding hydrogens is 306 g/mol. The number of carbonyl (C=O) groups excluding carboxylic acids is 1. The second kappa shape index (κ2) is 8.06. The molecule has 1 fully saturated rings. The number of benzene rings is 1. The van der Waals surface area contributed by atoms with Crippen LogP contribution in [0.4, 0.5) is 0 Å². The Morgan fingerprint density at radius 1 is 1.19 bits per heavy atom. The van der Waals surface area contributed by atoms with E-state index in [1.807, 2.05) is 24.3 Å². The van der Waals surface area contributed by atoms with Crippen LogP contribution in [0.3, 0.4) is 0 Å². The lowest BCUT2D eigenvalue weighted by atomic mass is 9.94. The van der Waals surface area contributed by atoms with E-state index in [-0.39, 0.29) is 5.91 Å². The molecule has 0 radical (unpaired) electrons. The zero-order valence-electron chi connectivity index (χ0n) is 12.1. The maximum atomic E-state index is 11.9. The van der Waals surface area contributed by atoms with Gasteiger partial charge in [0.1, 0.15) is 0 Å². The van der Waals surface area contributed by atoms with E-state index in [4.69, 9.17) is 11.6 Å². The first-order valence-electron chi connectivity index (χ1n) is 7.45. The van der Waals surface area contributed by atoms with E-state index in [2.05, 4.69) is 5.32 Å². The van der Waals surface area contributed by atoms with Crippen molar-refractivity contribution < 1.29 is 9.90 Å². The van der Waals surface area contributed by atoms with Gasteiger partial charge in [-0.15, -0.1) is 11.8 Å². The molecule has 0 aliphatic heterocycles. The molecule has 2 rings (SSSR count). The second-order valence-electron chi connectivity index (χ2n) is 5.66. The highest BCUT2D eigenvalue weighted by atomic mass is 35.5. The van der Waals surface area contributed by atoms with Crippen molar-refractivity contribution in [3.8, 4) is 0 Å². The summed E-state index contributed by atoms with van der Waals surface area (Å²) >= 11 is 7.30. The molecule has 1 aromatic carbocycles. The van der Waals surface area contributed by atoms with Gasteiger partial charge in [-0.25, -0.2) is 0 Å². The van der Waals surface area contributed by atoms with E-state index in [1.54, 1.807) is 0 Å². The van der Waals surface area contributed by atoms with E-state index < -0.39 is 5.60 Å². The lowest BCUT2D eigenvalue weighted by Gasteiger charge is -2.26. The Kier molecular flexibility index (Phi) is 6.40. The second-order valence-corrected chi connectivity index (χ2v) is 7.14. The number of carbonyl (C=O) groups is 1. The van der Waals surface area contributed by atoms with Gasteiger partial charge in [0.2, 0.25) is 5.91 Å². The third-order valence-electron chi connectivity index (χ3n) is 3.83. The summed E-state index contributed by atoms with van der Waals surface area (Å²) < 4.78 is 0. The fourth-order valence-electron chi connectivity index (χ4n) is 2.56. The lowest BCUT2D eigenvalue weighted by Crippen LogP contribution is -2.43. The van der Waals surface area contributed by atoms with Gasteiger partial charge in [0.05, 0.1) is 11.4 Å². The summed E-state index contributed by atoms with van der Waals surface area (Å²) in [5.74, 6) is 0.324. The molecule has 3 nitrogen and oxygen atoms in total. The van der Waals surface area contributed by atoms with E-state index in [1.165, 1.54) is 24.6 Å². The fourth-order valence-corrected chi connectivity index (χ4v) is 3.41. The molecule has 1 amide bonds. The van der Waals surface area contributed by atoms with Crippen LogP contribution in [0.5, 0.6) is 0 Å². The van der Waals surface area contributed by atoms with Crippen molar-refractivity contribution in [2.24, 2.45) is 0 Å². The van der Waals surface area contributed by atoms with Gasteiger partial charge < -0.3 is 10.4 Å². The summed E-state index contributed by atoms with van der Waals surface area (Å²) in [5, 5.41) is 14.0. The maximum absolute atomic E-state index is 11.9. The fraction of sp³-hybridized carbons (Fsp3) is 0.562. The quantitative estimate of drug-likeness (QED) is 0.641. The molecule has 5 heteroatoms. The minimum Gasteiger partial charge on any atom is -0.388 e. The van der Waals surface area contributed by atoms with Crippen LogP contribution in [0, 0.1) is 0 Å². The van der Waals surface area contributed by atoms with Crippen LogP contribution in [-0.2, 0) is 4.79 Å². The van der Waals surface area contributed by atoms with E-state index in [0.29, 0.717) is 17.3 Å². The minimum atomic E-state index is -0.711. The molecule has 1 saturated carbocycles. The van der Waals surface area contributed by atoms with Gasteiger partial charge in [-0.2, -0.15) is 0 Å². The third kappa shape index (κ3) is 5.89. The van der Waals surface area contributed by atoms with Crippen LogP contribution >= 0.6 is 23.4 Å². The van der Waals surface area contributed by atoms with Crippen LogP contribution in [0.2, 0.25) is 5.02 Å². The third-order valence-corrected chi connectivity index (χ3v) is 5.10. The largest absolute Gasteiger partial charge is 0.388 e. The number of aliphatic hydroxyl groups is 1. The molecule has 116 valence electrons. The highest BCUT2D eigenvalue weighted by molar-refractivity contribution is 8.00. The number of halogens is 1. The van der Waals surface area contributed by atoms with Crippen LogP contribution in [-0.4, -0.2) is 28.9 Å². The van der Waals surface area contributed by atoms with Gasteiger partial charge in [0.15, 0.2) is 0 Å². The first-order valence-corrected chi connectivity index (χ1v) is 8.81. The van der Waals surface area contributed by atoms with Crippen molar-refractivity contribution in [1.29, 1.82) is 0 Å². The molecule has 1 aliphatic rings. The standard InChI is InChI=1S/C16H22ClNO2S/c17-13-5-7-14(8-6-13)21-11-15(19)18-12-16(20)9-3-1-2-4-10-16/h5-8,20H,1-4,9-12H2,(H,18,19). The zero-order chi connectivity index (χ0) is 15.1. The molecule has 0 heterocycles. The van der Waals surface area contributed by atoms with Crippen LogP contribution in [0.15, 0.2) is 29.2 Å². The molecule has 2 N–H and O–H groups in total. The Morgan fingerprint density at radius 2 is 1.81 bits per heavy atom. The predicted octanol–water partition coefficient (Wildman–Crippen LogP) is 3.63. The number of thioether (sulfide) groups is 1. The van der Waals surface area contributed by atoms with Gasteiger partial charge in [-0.1, -0.05) is 37.3 Å². The smallest absolute Gasteiger partial charge is 0.230 e. The normalized spacial score (nSPS) is 18.0. The number of nitrogens with one attached hydrogen (secondary N) is 1. The van der Waals surface area contributed by atoms with E-state index in [9.17, 15) is 9.90 Å². The Hall–Kier alpha value is -0.710. The molecule has 1 aromatic rings. The van der Waals surface area contributed by atoms with Crippen molar-refractivity contribution in [2.75, 3.05) is 12.3 Å².